The number of benzene rings is 2. The van der Waals surface area contributed by atoms with Crippen molar-refractivity contribution in [2.24, 2.45) is 5.92 Å². The summed E-state index contributed by atoms with van der Waals surface area (Å²) < 4.78 is 118. The molecular weight excluding hydrogens is 548 g/mol. The van der Waals surface area contributed by atoms with Gasteiger partial charge in [0.05, 0.1) is 49.9 Å². The summed E-state index contributed by atoms with van der Waals surface area (Å²) in [5, 5.41) is 53.0. The first-order valence-electron chi connectivity index (χ1n) is 10.3. The second-order valence-corrected chi connectivity index (χ2v) is 7.73. The van der Waals surface area contributed by atoms with Crippen LogP contribution < -0.4 is 10.4 Å². The van der Waals surface area contributed by atoms with Gasteiger partial charge >= 0.3 is 0 Å². The zero-order valence-electron chi connectivity index (χ0n) is 19.3. The zero-order valence-corrected chi connectivity index (χ0v) is 19.3. The first-order valence-corrected chi connectivity index (χ1v) is 10.3. The van der Waals surface area contributed by atoms with Gasteiger partial charge in [-0.15, -0.1) is 0 Å². The second kappa shape index (κ2) is 10.4. The van der Waals surface area contributed by atoms with Crippen LogP contribution in [0.15, 0.2) is 22.8 Å². The Morgan fingerprint density at radius 2 is 0.950 bits per heavy atom. The van der Waals surface area contributed by atoms with E-state index in [0.29, 0.717) is 0 Å². The van der Waals surface area contributed by atoms with Crippen LogP contribution in [0, 0.1) is 109 Å². The highest BCUT2D eigenvalue weighted by Crippen LogP contribution is 2.42. The summed E-state index contributed by atoms with van der Waals surface area (Å²) in [7, 11) is 0. The van der Waals surface area contributed by atoms with Gasteiger partial charge in [0.15, 0.2) is 46.6 Å². The van der Waals surface area contributed by atoms with Crippen molar-refractivity contribution >= 4 is 11.1 Å². The molecule has 0 heterocycles. The molecule has 0 bridgehead atoms. The summed E-state index contributed by atoms with van der Waals surface area (Å²) in [6.07, 6.45) is 0. The van der Waals surface area contributed by atoms with E-state index in [0.717, 1.165) is 31.2 Å². The van der Waals surface area contributed by atoms with Gasteiger partial charge in [0.25, 0.3) is 0 Å². The Hall–Kier alpha value is -5.96. The first kappa shape index (κ1) is 28.6. The molecule has 1 atom stereocenters. The van der Waals surface area contributed by atoms with E-state index in [9.17, 15) is 47.4 Å². The molecule has 0 saturated heterocycles. The van der Waals surface area contributed by atoms with E-state index in [-0.39, 0.29) is 0 Å². The van der Waals surface area contributed by atoms with Gasteiger partial charge in [0, 0.05) is 11.5 Å². The average Bonchev–Trinajstić information content (AvgIpc) is 3.15. The predicted octanol–water partition coefficient (Wildman–Crippen LogP) is 4.15. The minimum atomic E-state index is -2.40. The number of halogens is 8. The molecule has 1 aliphatic carbocycles. The van der Waals surface area contributed by atoms with Crippen molar-refractivity contribution in [2.45, 2.75) is 6.92 Å². The molecule has 40 heavy (non-hydrogen) atoms. The number of hydrogen-bond donors (Lipinski definition) is 0. The van der Waals surface area contributed by atoms with E-state index in [2.05, 4.69) is 0 Å². The Kier molecular flexibility index (Phi) is 7.46. The summed E-state index contributed by atoms with van der Waals surface area (Å²) in [5.41, 5.74) is -11.7. The fraction of sp³-hybridized carbons (Fsp3) is 0.0769. The highest BCUT2D eigenvalue weighted by Gasteiger charge is 2.37. The molecule has 0 saturated carbocycles. The van der Waals surface area contributed by atoms with Crippen molar-refractivity contribution in [2.75, 3.05) is 0 Å². The van der Waals surface area contributed by atoms with Gasteiger partial charge in [0.1, 0.15) is 35.9 Å². The SMILES string of the molecule is CC1C(C#N)=C(F)C(F)=C1/C(C#N)=c1\c(F)c(C#N)/c(=C(\C#N)c2c(F)c(F)c(C#N)c(F)c2F)c(F)c1C#N. The van der Waals surface area contributed by atoms with Crippen LogP contribution in [-0.2, 0) is 0 Å². The van der Waals surface area contributed by atoms with Crippen molar-refractivity contribution < 1.29 is 35.1 Å². The molecule has 1 aliphatic rings. The Morgan fingerprint density at radius 1 is 0.525 bits per heavy atom. The van der Waals surface area contributed by atoms with Gasteiger partial charge in [-0.1, -0.05) is 6.92 Å². The standard InChI is InChI=1S/C26H4F8N6/c1-8-9(2-35)21(29)24(32)15(8)10(3-36)16-12(5-38)20(28)17(13(6-39)19(16)27)11(4-37)18-25(33)22(30)14(7-40)23(31)26(18)34/h8H,1H3/b16-10-,17-11-. The normalized spacial score (nSPS) is 15.8. The molecular formula is C26H4F8N6. The van der Waals surface area contributed by atoms with E-state index in [4.69, 9.17) is 10.5 Å². The molecule has 2 aromatic carbocycles. The van der Waals surface area contributed by atoms with Crippen LogP contribution in [0.4, 0.5) is 35.1 Å². The minimum Gasteiger partial charge on any atom is -0.205 e. The van der Waals surface area contributed by atoms with E-state index in [1.54, 1.807) is 0 Å². The second-order valence-electron chi connectivity index (χ2n) is 7.73. The maximum absolute atomic E-state index is 15.7. The fourth-order valence-corrected chi connectivity index (χ4v) is 4.04. The van der Waals surface area contributed by atoms with Crippen molar-refractivity contribution in [1.29, 1.82) is 31.6 Å². The highest BCUT2D eigenvalue weighted by atomic mass is 19.2. The molecule has 1 unspecified atom stereocenters. The molecule has 0 radical (unpaired) electrons. The molecule has 194 valence electrons. The lowest BCUT2D eigenvalue weighted by molar-refractivity contribution is 0.446. The molecule has 0 aromatic heterocycles. The molecule has 2 aromatic rings. The van der Waals surface area contributed by atoms with E-state index < -0.39 is 107 Å². The van der Waals surface area contributed by atoms with Crippen molar-refractivity contribution in [3.05, 3.63) is 90.4 Å². The van der Waals surface area contributed by atoms with Crippen LogP contribution in [0.1, 0.15) is 29.2 Å². The van der Waals surface area contributed by atoms with Crippen LogP contribution in [0.3, 0.4) is 0 Å². The molecule has 0 spiro atoms. The molecule has 14 heteroatoms. The number of nitriles is 6. The minimum absolute atomic E-state index is 0.831. The number of nitrogens with zero attached hydrogens (tertiary/aromatic N) is 6. The van der Waals surface area contributed by atoms with Gasteiger partial charge < -0.3 is 0 Å². The summed E-state index contributed by atoms with van der Waals surface area (Å²) >= 11 is 0. The van der Waals surface area contributed by atoms with Gasteiger partial charge in [-0.25, -0.2) is 35.1 Å². The molecule has 0 aliphatic heterocycles. The predicted molar refractivity (Wildman–Crippen MR) is 114 cm³/mol. The van der Waals surface area contributed by atoms with E-state index in [1.807, 2.05) is 0 Å². The third-order valence-corrected chi connectivity index (χ3v) is 5.87. The smallest absolute Gasteiger partial charge is 0.180 e. The fourth-order valence-electron chi connectivity index (χ4n) is 4.04. The van der Waals surface area contributed by atoms with Crippen LogP contribution in [0.25, 0.3) is 11.1 Å². The molecule has 6 nitrogen and oxygen atoms in total. The molecule has 0 amide bonds. The summed E-state index contributed by atoms with van der Waals surface area (Å²) in [4.78, 5) is 0. The van der Waals surface area contributed by atoms with Crippen molar-refractivity contribution in [3.63, 3.8) is 0 Å². The van der Waals surface area contributed by atoms with Gasteiger partial charge in [-0.2, -0.15) is 31.6 Å². The van der Waals surface area contributed by atoms with Gasteiger partial charge in [-0.3, -0.25) is 0 Å². The van der Waals surface area contributed by atoms with Crippen molar-refractivity contribution in [1.82, 2.24) is 0 Å². The Labute approximate surface area is 218 Å². The van der Waals surface area contributed by atoms with Gasteiger partial charge in [-0.05, 0) is 0 Å². The summed E-state index contributed by atoms with van der Waals surface area (Å²) in [5.74, 6) is -18.7. The maximum atomic E-state index is 15.7. The molecule has 3 rings (SSSR count). The van der Waals surface area contributed by atoms with Crippen LogP contribution in [0.2, 0.25) is 0 Å². The quantitative estimate of drug-likeness (QED) is 0.405. The van der Waals surface area contributed by atoms with Crippen LogP contribution >= 0.6 is 0 Å². The highest BCUT2D eigenvalue weighted by molar-refractivity contribution is 5.83. The molecule has 0 fully saturated rings. The largest absolute Gasteiger partial charge is 0.205 e. The Bertz CT molecular complexity index is 1990. The third-order valence-electron chi connectivity index (χ3n) is 5.87. The average molecular weight is 552 g/mol. The van der Waals surface area contributed by atoms with Crippen LogP contribution in [-0.4, -0.2) is 0 Å². The lowest BCUT2D eigenvalue weighted by Crippen LogP contribution is -2.31. The van der Waals surface area contributed by atoms with Crippen LogP contribution in [0.5, 0.6) is 0 Å². The third kappa shape index (κ3) is 3.81. The Morgan fingerprint density at radius 3 is 1.30 bits per heavy atom. The monoisotopic (exact) mass is 552 g/mol. The van der Waals surface area contributed by atoms with E-state index >= 15 is 8.78 Å². The lowest BCUT2D eigenvalue weighted by Gasteiger charge is -2.12. The zero-order chi connectivity index (χ0) is 30.2. The summed E-state index contributed by atoms with van der Waals surface area (Å²) in [6.45, 7) is 1.01. The van der Waals surface area contributed by atoms with Crippen molar-refractivity contribution in [3.8, 4) is 36.4 Å². The molecule has 0 N–H and O–H groups in total. The number of rotatable bonds is 2. The Balaban J connectivity index is 2.73. The topological polar surface area (TPSA) is 143 Å². The first-order chi connectivity index (χ1) is 18.9. The van der Waals surface area contributed by atoms with E-state index in [1.165, 1.54) is 12.1 Å². The number of hydrogen-bond acceptors (Lipinski definition) is 6. The maximum Gasteiger partial charge on any atom is 0.180 e. The van der Waals surface area contributed by atoms with Gasteiger partial charge in [0.2, 0.25) is 0 Å². The lowest BCUT2D eigenvalue weighted by atomic mass is 9.89. The summed E-state index contributed by atoms with van der Waals surface area (Å²) in [6, 6.07) is 6.51. The number of allylic oxidation sites excluding steroid dienone is 4.